The average Bonchev–Trinajstić information content (AvgIpc) is 2.96. The summed E-state index contributed by atoms with van der Waals surface area (Å²) >= 11 is 0. The lowest BCUT2D eigenvalue weighted by Crippen LogP contribution is -2.29. The molecule has 1 fully saturated rings. The normalized spacial score (nSPS) is 19.6. The molecule has 0 spiro atoms. The molecule has 0 amide bonds. The third-order valence-electron chi connectivity index (χ3n) is 3.47. The number of aliphatic hydroxyl groups is 1. The zero-order valence-corrected chi connectivity index (χ0v) is 11.9. The average molecular weight is 316 g/mol. The molecule has 0 saturated carbocycles. The Bertz CT molecular complexity index is 648. The molecule has 1 aromatic rings. The van der Waals surface area contributed by atoms with Gasteiger partial charge in [0.1, 0.15) is 5.69 Å². The van der Waals surface area contributed by atoms with Crippen molar-refractivity contribution < 1.29 is 18.4 Å². The molecule has 1 atom stereocenters. The van der Waals surface area contributed by atoms with E-state index in [1.54, 1.807) is 0 Å². The lowest BCUT2D eigenvalue weighted by molar-refractivity contribution is -0.384. The quantitative estimate of drug-likeness (QED) is 0.391. The van der Waals surface area contributed by atoms with Gasteiger partial charge >= 0.3 is 0 Å². The largest absolute Gasteiger partial charge is 0.396 e. The first-order chi connectivity index (χ1) is 9.90. The van der Waals surface area contributed by atoms with Crippen molar-refractivity contribution in [3.05, 3.63) is 28.3 Å². The molecular weight excluding hydrogens is 300 g/mol. The Morgan fingerprint density at radius 1 is 1.52 bits per heavy atom. The highest BCUT2D eigenvalue weighted by atomic mass is 32.2. The maximum Gasteiger partial charge on any atom is 0.294 e. The first-order valence-corrected chi connectivity index (χ1v) is 7.70. The molecule has 4 N–H and O–H groups in total. The standard InChI is InChI=1S/C11H16N4O5S/c12-13-10-2-1-9(5-11(10)15(17)18)21(19,20)14-4-3-8(6-14)7-16/h1-2,5,8,13,16H,3-4,6-7,12H2. The number of benzene rings is 1. The van der Waals surface area contributed by atoms with E-state index in [0.717, 1.165) is 6.07 Å². The molecule has 116 valence electrons. The van der Waals surface area contributed by atoms with E-state index in [9.17, 15) is 18.5 Å². The van der Waals surface area contributed by atoms with E-state index >= 15 is 0 Å². The highest BCUT2D eigenvalue weighted by Crippen LogP contribution is 2.30. The lowest BCUT2D eigenvalue weighted by atomic mass is 10.1. The van der Waals surface area contributed by atoms with Crippen LogP contribution < -0.4 is 11.3 Å². The van der Waals surface area contributed by atoms with Gasteiger partial charge in [0.25, 0.3) is 5.69 Å². The molecular formula is C11H16N4O5S. The van der Waals surface area contributed by atoms with Gasteiger partial charge in [-0.25, -0.2) is 8.42 Å². The van der Waals surface area contributed by atoms with Crippen molar-refractivity contribution in [3.63, 3.8) is 0 Å². The van der Waals surface area contributed by atoms with E-state index in [4.69, 9.17) is 10.9 Å². The summed E-state index contributed by atoms with van der Waals surface area (Å²) in [6.45, 7) is 0.421. The molecule has 0 aliphatic carbocycles. The number of nitrogens with one attached hydrogen (secondary N) is 1. The van der Waals surface area contributed by atoms with Crippen LogP contribution in [0.5, 0.6) is 0 Å². The molecule has 2 rings (SSSR count). The van der Waals surface area contributed by atoms with Crippen molar-refractivity contribution >= 4 is 21.4 Å². The molecule has 21 heavy (non-hydrogen) atoms. The summed E-state index contributed by atoms with van der Waals surface area (Å²) in [6, 6.07) is 3.51. The van der Waals surface area contributed by atoms with Gasteiger partial charge in [0.15, 0.2) is 0 Å². The number of aliphatic hydroxyl groups excluding tert-OH is 1. The summed E-state index contributed by atoms with van der Waals surface area (Å²) < 4.78 is 26.1. The van der Waals surface area contributed by atoms with Crippen molar-refractivity contribution in [1.82, 2.24) is 4.31 Å². The minimum atomic E-state index is -3.81. The maximum atomic E-state index is 12.4. The van der Waals surface area contributed by atoms with E-state index in [-0.39, 0.29) is 36.2 Å². The number of hydrogen-bond acceptors (Lipinski definition) is 7. The van der Waals surface area contributed by atoms with Gasteiger partial charge < -0.3 is 10.5 Å². The first-order valence-electron chi connectivity index (χ1n) is 6.26. The van der Waals surface area contributed by atoms with Crippen LogP contribution >= 0.6 is 0 Å². The zero-order valence-electron chi connectivity index (χ0n) is 11.1. The summed E-state index contributed by atoms with van der Waals surface area (Å²) in [4.78, 5) is 10.1. The molecule has 1 unspecified atom stereocenters. The fraction of sp³-hybridized carbons (Fsp3) is 0.455. The summed E-state index contributed by atoms with van der Waals surface area (Å²) in [5.74, 6) is 5.07. The number of hydrogen-bond donors (Lipinski definition) is 3. The Labute approximate surface area is 121 Å². The second-order valence-corrected chi connectivity index (χ2v) is 6.72. The Hall–Kier alpha value is -1.75. The van der Waals surface area contributed by atoms with Crippen molar-refractivity contribution in [2.24, 2.45) is 11.8 Å². The van der Waals surface area contributed by atoms with Crippen LogP contribution in [0.25, 0.3) is 0 Å². The molecule has 1 saturated heterocycles. The molecule has 10 heteroatoms. The van der Waals surface area contributed by atoms with Crippen molar-refractivity contribution in [3.8, 4) is 0 Å². The second kappa shape index (κ2) is 5.93. The zero-order chi connectivity index (χ0) is 15.6. The fourth-order valence-corrected chi connectivity index (χ4v) is 3.81. The number of rotatable bonds is 5. The number of hydrazine groups is 1. The van der Waals surface area contributed by atoms with Gasteiger partial charge in [-0.1, -0.05) is 0 Å². The van der Waals surface area contributed by atoms with Crippen LogP contribution in [-0.4, -0.2) is 42.4 Å². The lowest BCUT2D eigenvalue weighted by Gasteiger charge is -2.16. The van der Waals surface area contributed by atoms with E-state index < -0.39 is 20.6 Å². The summed E-state index contributed by atoms with van der Waals surface area (Å²) in [7, 11) is -3.81. The van der Waals surface area contributed by atoms with Gasteiger partial charge in [-0.05, 0) is 24.5 Å². The Morgan fingerprint density at radius 2 is 2.24 bits per heavy atom. The molecule has 1 aliphatic rings. The predicted octanol–water partition coefficient (Wildman–Crippen LogP) is -0.117. The monoisotopic (exact) mass is 316 g/mol. The molecule has 0 radical (unpaired) electrons. The Kier molecular flexibility index (Phi) is 4.42. The van der Waals surface area contributed by atoms with Crippen LogP contribution in [-0.2, 0) is 10.0 Å². The van der Waals surface area contributed by atoms with Crippen LogP contribution in [0.3, 0.4) is 0 Å². The number of nitrogens with two attached hydrogens (primary N) is 1. The smallest absolute Gasteiger partial charge is 0.294 e. The minimum absolute atomic E-state index is 0.0357. The van der Waals surface area contributed by atoms with E-state index in [0.29, 0.717) is 6.42 Å². The van der Waals surface area contributed by atoms with Crippen LogP contribution in [0, 0.1) is 16.0 Å². The fourth-order valence-electron chi connectivity index (χ4n) is 2.26. The highest BCUT2D eigenvalue weighted by Gasteiger charge is 2.33. The predicted molar refractivity (Wildman–Crippen MR) is 74.9 cm³/mol. The Morgan fingerprint density at radius 3 is 2.76 bits per heavy atom. The van der Waals surface area contributed by atoms with Crippen molar-refractivity contribution in [2.75, 3.05) is 25.1 Å². The van der Waals surface area contributed by atoms with Crippen molar-refractivity contribution in [2.45, 2.75) is 11.3 Å². The van der Waals surface area contributed by atoms with Gasteiger partial charge in [-0.2, -0.15) is 4.31 Å². The summed E-state index contributed by atoms with van der Waals surface area (Å²) in [5.41, 5.74) is 1.79. The molecule has 9 nitrogen and oxygen atoms in total. The number of nitrogens with zero attached hydrogens (tertiary/aromatic N) is 2. The van der Waals surface area contributed by atoms with Gasteiger partial charge in [0.2, 0.25) is 10.0 Å². The first kappa shape index (κ1) is 15.6. The number of anilines is 1. The van der Waals surface area contributed by atoms with Crippen LogP contribution in [0.1, 0.15) is 6.42 Å². The van der Waals surface area contributed by atoms with Crippen molar-refractivity contribution in [1.29, 1.82) is 0 Å². The summed E-state index contributed by atoms with van der Waals surface area (Å²) in [6.07, 6.45) is 0.570. The van der Waals surface area contributed by atoms with Gasteiger partial charge in [-0.3, -0.25) is 16.0 Å². The van der Waals surface area contributed by atoms with E-state index in [1.165, 1.54) is 16.4 Å². The molecule has 0 bridgehead atoms. The van der Waals surface area contributed by atoms with Crippen LogP contribution in [0.4, 0.5) is 11.4 Å². The number of nitro benzene ring substituents is 1. The van der Waals surface area contributed by atoms with E-state index in [1.807, 2.05) is 0 Å². The summed E-state index contributed by atoms with van der Waals surface area (Å²) in [5, 5.41) is 20.0. The third kappa shape index (κ3) is 2.97. The molecule has 1 aromatic carbocycles. The minimum Gasteiger partial charge on any atom is -0.396 e. The SMILES string of the molecule is NNc1ccc(S(=O)(=O)N2CCC(CO)C2)cc1[N+](=O)[O-]. The maximum absolute atomic E-state index is 12.4. The van der Waals surface area contributed by atoms with E-state index in [2.05, 4.69) is 5.43 Å². The molecule has 0 aromatic heterocycles. The second-order valence-electron chi connectivity index (χ2n) is 4.78. The van der Waals surface area contributed by atoms with Crippen LogP contribution in [0.2, 0.25) is 0 Å². The number of nitrogen functional groups attached to an aromatic ring is 1. The van der Waals surface area contributed by atoms with Gasteiger partial charge in [-0.15, -0.1) is 0 Å². The van der Waals surface area contributed by atoms with Gasteiger partial charge in [0, 0.05) is 25.8 Å². The topological polar surface area (TPSA) is 139 Å². The number of nitro groups is 1. The van der Waals surface area contributed by atoms with Crippen LogP contribution in [0.15, 0.2) is 23.1 Å². The molecule has 1 heterocycles. The number of sulfonamides is 1. The molecule has 1 aliphatic heterocycles. The Balaban J connectivity index is 2.37. The third-order valence-corrected chi connectivity index (χ3v) is 5.33. The highest BCUT2D eigenvalue weighted by molar-refractivity contribution is 7.89. The van der Waals surface area contributed by atoms with Gasteiger partial charge in [0.05, 0.1) is 9.82 Å².